The van der Waals surface area contributed by atoms with Gasteiger partial charge < -0.3 is 10.5 Å². The lowest BCUT2D eigenvalue weighted by Crippen LogP contribution is -2.32. The second-order valence-electron chi connectivity index (χ2n) is 5.51. The number of nitrogens with zero attached hydrogens (tertiary/aromatic N) is 3. The summed E-state index contributed by atoms with van der Waals surface area (Å²) in [6.45, 7) is 0. The molecule has 3 N–H and O–H groups in total. The summed E-state index contributed by atoms with van der Waals surface area (Å²) in [5.74, 6) is -1.37. The summed E-state index contributed by atoms with van der Waals surface area (Å²) < 4.78 is 6.89. The number of ether oxygens (including phenoxy) is 1. The van der Waals surface area contributed by atoms with Gasteiger partial charge in [0.1, 0.15) is 11.4 Å². The van der Waals surface area contributed by atoms with Crippen LogP contribution in [0.2, 0.25) is 0 Å². The third-order valence-corrected chi connectivity index (χ3v) is 3.72. The molecule has 8 nitrogen and oxygen atoms in total. The maximum absolute atomic E-state index is 11.3. The van der Waals surface area contributed by atoms with E-state index in [9.17, 15) is 9.59 Å². The topological polar surface area (TPSA) is 112 Å². The van der Waals surface area contributed by atoms with Crippen LogP contribution in [0.5, 0.6) is 5.75 Å². The van der Waals surface area contributed by atoms with Crippen molar-refractivity contribution >= 4 is 18.0 Å². The first kappa shape index (κ1) is 17.9. The zero-order valence-electron chi connectivity index (χ0n) is 14.5. The second kappa shape index (κ2) is 7.96. The number of carbonyl (C=O) groups excluding carboxylic acids is 2. The van der Waals surface area contributed by atoms with E-state index in [-0.39, 0.29) is 0 Å². The number of nitrogens with two attached hydrogens (primary N) is 1. The molecule has 3 aromatic rings. The molecular weight excluding hydrogens is 346 g/mol. The van der Waals surface area contributed by atoms with Crippen LogP contribution in [0.25, 0.3) is 16.9 Å². The van der Waals surface area contributed by atoms with Crippen molar-refractivity contribution in [2.45, 2.75) is 0 Å². The van der Waals surface area contributed by atoms with E-state index in [1.165, 1.54) is 6.21 Å². The van der Waals surface area contributed by atoms with E-state index >= 15 is 0 Å². The van der Waals surface area contributed by atoms with Crippen molar-refractivity contribution in [2.24, 2.45) is 10.8 Å². The quantitative estimate of drug-likeness (QED) is 0.406. The molecule has 0 bridgehead atoms. The summed E-state index contributed by atoms with van der Waals surface area (Å²) in [5.41, 5.74) is 9.97. The van der Waals surface area contributed by atoms with E-state index in [0.29, 0.717) is 11.3 Å². The van der Waals surface area contributed by atoms with E-state index in [0.717, 1.165) is 17.0 Å². The average Bonchev–Trinajstić information content (AvgIpc) is 3.12. The van der Waals surface area contributed by atoms with Crippen LogP contribution in [0.1, 0.15) is 5.56 Å². The maximum Gasteiger partial charge on any atom is 0.329 e. The van der Waals surface area contributed by atoms with Crippen LogP contribution in [-0.2, 0) is 9.59 Å². The SMILES string of the molecule is COc1ccc(-c2nn(-c3ccccc3)cc2/C=N\NC(=O)C(N)=O)cc1. The van der Waals surface area contributed by atoms with Crippen molar-refractivity contribution in [1.82, 2.24) is 15.2 Å². The number of carbonyl (C=O) groups is 2. The molecule has 0 aliphatic carbocycles. The Balaban J connectivity index is 1.98. The Kier molecular flexibility index (Phi) is 5.27. The number of nitrogens with one attached hydrogen (secondary N) is 1. The van der Waals surface area contributed by atoms with Gasteiger partial charge in [0, 0.05) is 17.3 Å². The highest BCUT2D eigenvalue weighted by Crippen LogP contribution is 2.24. The van der Waals surface area contributed by atoms with Crippen molar-refractivity contribution in [2.75, 3.05) is 7.11 Å². The van der Waals surface area contributed by atoms with Crippen LogP contribution >= 0.6 is 0 Å². The minimum atomic E-state index is -1.11. The predicted octanol–water partition coefficient (Wildman–Crippen LogP) is 1.48. The molecule has 8 heteroatoms. The minimum absolute atomic E-state index is 0.647. The lowest BCUT2D eigenvalue weighted by molar-refractivity contribution is -0.137. The van der Waals surface area contributed by atoms with E-state index in [1.54, 1.807) is 18.0 Å². The molecule has 2 amide bonds. The normalized spacial score (nSPS) is 10.7. The van der Waals surface area contributed by atoms with Gasteiger partial charge in [-0.1, -0.05) is 18.2 Å². The van der Waals surface area contributed by atoms with Gasteiger partial charge in [-0.25, -0.2) is 10.1 Å². The average molecular weight is 363 g/mol. The van der Waals surface area contributed by atoms with Gasteiger partial charge in [-0.15, -0.1) is 0 Å². The lowest BCUT2D eigenvalue weighted by Gasteiger charge is -2.02. The smallest absolute Gasteiger partial charge is 0.329 e. The zero-order valence-corrected chi connectivity index (χ0v) is 14.5. The van der Waals surface area contributed by atoms with E-state index in [1.807, 2.05) is 54.6 Å². The molecule has 27 heavy (non-hydrogen) atoms. The maximum atomic E-state index is 11.3. The zero-order chi connectivity index (χ0) is 19.2. The molecule has 0 aliphatic heterocycles. The summed E-state index contributed by atoms with van der Waals surface area (Å²) in [6.07, 6.45) is 3.18. The van der Waals surface area contributed by atoms with Crippen molar-refractivity contribution in [3.8, 4) is 22.7 Å². The highest BCUT2D eigenvalue weighted by atomic mass is 16.5. The van der Waals surface area contributed by atoms with Gasteiger partial charge in [0.2, 0.25) is 0 Å². The first-order chi connectivity index (χ1) is 13.1. The number of primary amides is 1. The first-order valence-corrected chi connectivity index (χ1v) is 8.01. The van der Waals surface area contributed by atoms with E-state index < -0.39 is 11.8 Å². The molecule has 0 saturated heterocycles. The van der Waals surface area contributed by atoms with Crippen LogP contribution in [0.15, 0.2) is 65.9 Å². The van der Waals surface area contributed by atoms with Crippen molar-refractivity contribution in [3.05, 3.63) is 66.4 Å². The highest BCUT2D eigenvalue weighted by molar-refractivity contribution is 6.34. The highest BCUT2D eigenvalue weighted by Gasteiger charge is 2.12. The van der Waals surface area contributed by atoms with Crippen LogP contribution in [0.3, 0.4) is 0 Å². The number of aromatic nitrogens is 2. The number of methoxy groups -OCH3 is 1. The number of benzene rings is 2. The number of rotatable bonds is 5. The van der Waals surface area contributed by atoms with Gasteiger partial charge in [0.25, 0.3) is 0 Å². The van der Waals surface area contributed by atoms with Crippen molar-refractivity contribution < 1.29 is 14.3 Å². The first-order valence-electron chi connectivity index (χ1n) is 8.01. The lowest BCUT2D eigenvalue weighted by atomic mass is 10.1. The second-order valence-corrected chi connectivity index (χ2v) is 5.51. The van der Waals surface area contributed by atoms with Gasteiger partial charge >= 0.3 is 11.8 Å². The van der Waals surface area contributed by atoms with Gasteiger partial charge in [-0.3, -0.25) is 9.59 Å². The van der Waals surface area contributed by atoms with Crippen LogP contribution in [0, 0.1) is 0 Å². The number of amides is 2. The summed E-state index contributed by atoms with van der Waals surface area (Å²) in [5, 5.41) is 8.41. The van der Waals surface area contributed by atoms with Gasteiger partial charge in [0.15, 0.2) is 0 Å². The van der Waals surface area contributed by atoms with Crippen LogP contribution < -0.4 is 15.9 Å². The van der Waals surface area contributed by atoms with E-state index in [2.05, 4.69) is 15.6 Å². The molecule has 136 valence electrons. The molecule has 0 unspecified atom stereocenters. The monoisotopic (exact) mass is 363 g/mol. The Morgan fingerprint density at radius 1 is 1.15 bits per heavy atom. The third-order valence-electron chi connectivity index (χ3n) is 3.72. The molecule has 0 fully saturated rings. The number of hydrogen-bond acceptors (Lipinski definition) is 5. The Morgan fingerprint density at radius 3 is 2.48 bits per heavy atom. The van der Waals surface area contributed by atoms with Gasteiger partial charge in [-0.05, 0) is 36.4 Å². The molecule has 3 rings (SSSR count). The molecule has 1 heterocycles. The fourth-order valence-corrected chi connectivity index (χ4v) is 2.38. The Bertz CT molecular complexity index is 978. The Hall–Kier alpha value is -3.94. The summed E-state index contributed by atoms with van der Waals surface area (Å²) in [7, 11) is 1.60. The molecule has 1 aromatic heterocycles. The molecule has 0 aliphatic rings. The standard InChI is InChI=1S/C19H17N5O3/c1-27-16-9-7-13(8-10-16)17-14(11-21-22-19(26)18(20)25)12-24(23-17)15-5-3-2-4-6-15/h2-12H,1H3,(H2,20,25)(H,22,26)/b21-11-. The fraction of sp³-hybridized carbons (Fsp3) is 0.0526. The third kappa shape index (κ3) is 4.18. The largest absolute Gasteiger partial charge is 0.497 e. The Labute approximate surface area is 155 Å². The van der Waals surface area contributed by atoms with Gasteiger partial charge in [-0.2, -0.15) is 10.2 Å². The van der Waals surface area contributed by atoms with E-state index in [4.69, 9.17) is 10.5 Å². The number of hydrogen-bond donors (Lipinski definition) is 2. The van der Waals surface area contributed by atoms with Crippen molar-refractivity contribution in [3.63, 3.8) is 0 Å². The molecule has 0 saturated carbocycles. The molecule has 2 aromatic carbocycles. The minimum Gasteiger partial charge on any atom is -0.497 e. The Morgan fingerprint density at radius 2 is 1.85 bits per heavy atom. The van der Waals surface area contributed by atoms with Crippen LogP contribution in [-0.4, -0.2) is 34.9 Å². The molecule has 0 radical (unpaired) electrons. The summed E-state index contributed by atoms with van der Waals surface area (Å²) >= 11 is 0. The molecule has 0 spiro atoms. The van der Waals surface area contributed by atoms with Crippen molar-refractivity contribution in [1.29, 1.82) is 0 Å². The number of para-hydroxylation sites is 1. The molecular formula is C19H17N5O3. The molecule has 0 atom stereocenters. The van der Waals surface area contributed by atoms with Gasteiger partial charge in [0.05, 0.1) is 19.0 Å². The fourth-order valence-electron chi connectivity index (χ4n) is 2.38. The predicted molar refractivity (Wildman–Crippen MR) is 100 cm³/mol. The van der Waals surface area contributed by atoms with Crippen LogP contribution in [0.4, 0.5) is 0 Å². The summed E-state index contributed by atoms with van der Waals surface area (Å²) in [6, 6.07) is 17.0. The summed E-state index contributed by atoms with van der Waals surface area (Å²) in [4.78, 5) is 22.0. The number of hydrazone groups is 1.